The molecule has 0 bridgehead atoms. The van der Waals surface area contributed by atoms with Crippen molar-refractivity contribution in [1.29, 1.82) is 0 Å². The first-order valence-electron chi connectivity index (χ1n) is 8.11. The van der Waals surface area contributed by atoms with Crippen LogP contribution in [0.25, 0.3) is 0 Å². The van der Waals surface area contributed by atoms with E-state index >= 15 is 0 Å². The van der Waals surface area contributed by atoms with Gasteiger partial charge in [0, 0.05) is 12.2 Å². The zero-order valence-corrected chi connectivity index (χ0v) is 15.1. The molecule has 0 aliphatic heterocycles. The Labute approximate surface area is 148 Å². The highest BCUT2D eigenvalue weighted by Gasteiger charge is 2.23. The molecule has 0 saturated heterocycles. The van der Waals surface area contributed by atoms with Crippen LogP contribution in [0.5, 0.6) is 0 Å². The minimum absolute atomic E-state index is 0.214. The van der Waals surface area contributed by atoms with Crippen molar-refractivity contribution < 1.29 is 8.42 Å². The summed E-state index contributed by atoms with van der Waals surface area (Å²) in [5.41, 5.74) is 2.48. The lowest BCUT2D eigenvalue weighted by molar-refractivity contribution is 0.566. The van der Waals surface area contributed by atoms with Crippen molar-refractivity contribution in [2.75, 3.05) is 0 Å². The van der Waals surface area contributed by atoms with Crippen molar-refractivity contribution in [1.82, 2.24) is 14.5 Å². The first-order valence-corrected chi connectivity index (χ1v) is 9.59. The van der Waals surface area contributed by atoms with E-state index in [1.54, 1.807) is 17.8 Å². The molecule has 0 aliphatic carbocycles. The van der Waals surface area contributed by atoms with Crippen LogP contribution in [0.3, 0.4) is 0 Å². The van der Waals surface area contributed by atoms with Gasteiger partial charge in [0.1, 0.15) is 4.90 Å². The largest absolute Gasteiger partial charge is 0.267 e. The monoisotopic (exact) mass is 355 g/mol. The van der Waals surface area contributed by atoms with E-state index in [1.807, 2.05) is 67.6 Å². The topological polar surface area (TPSA) is 64.0 Å². The van der Waals surface area contributed by atoms with Crippen molar-refractivity contribution in [2.24, 2.45) is 0 Å². The van der Waals surface area contributed by atoms with Gasteiger partial charge in [-0.1, -0.05) is 60.7 Å². The summed E-state index contributed by atoms with van der Waals surface area (Å²) in [4.78, 5) is 0.214. The third kappa shape index (κ3) is 4.15. The first-order chi connectivity index (χ1) is 12.0. The number of hydrogen-bond donors (Lipinski definition) is 1. The van der Waals surface area contributed by atoms with E-state index in [9.17, 15) is 8.42 Å². The molecular weight excluding hydrogens is 334 g/mol. The highest BCUT2D eigenvalue weighted by molar-refractivity contribution is 7.89. The summed E-state index contributed by atoms with van der Waals surface area (Å²) in [5.74, 6) is 0. The van der Waals surface area contributed by atoms with Gasteiger partial charge in [0.25, 0.3) is 0 Å². The van der Waals surface area contributed by atoms with Gasteiger partial charge >= 0.3 is 0 Å². The Hall–Kier alpha value is -2.44. The average molecular weight is 355 g/mol. The van der Waals surface area contributed by atoms with Crippen LogP contribution in [0.1, 0.15) is 29.8 Å². The molecule has 1 heterocycles. The van der Waals surface area contributed by atoms with Gasteiger partial charge in [-0.3, -0.25) is 4.68 Å². The molecule has 0 saturated carbocycles. The summed E-state index contributed by atoms with van der Waals surface area (Å²) in [6.45, 7) is 4.07. The molecule has 25 heavy (non-hydrogen) atoms. The van der Waals surface area contributed by atoms with Gasteiger partial charge in [-0.15, -0.1) is 0 Å². The zero-order valence-electron chi connectivity index (χ0n) is 14.3. The fourth-order valence-electron chi connectivity index (χ4n) is 2.72. The molecule has 3 rings (SSSR count). The molecule has 6 heteroatoms. The van der Waals surface area contributed by atoms with E-state index in [1.165, 1.54) is 0 Å². The van der Waals surface area contributed by atoms with Crippen LogP contribution in [-0.4, -0.2) is 18.2 Å². The molecule has 130 valence electrons. The van der Waals surface area contributed by atoms with E-state index < -0.39 is 10.0 Å². The fraction of sp³-hybridized carbons (Fsp3) is 0.211. The van der Waals surface area contributed by atoms with Crippen LogP contribution < -0.4 is 4.72 Å². The van der Waals surface area contributed by atoms with E-state index in [2.05, 4.69) is 9.82 Å². The SMILES string of the molecule is Cc1nn(Cc2ccccc2)cc1S(=O)(=O)NC(C)c1ccccc1. The summed E-state index contributed by atoms with van der Waals surface area (Å²) < 4.78 is 29.9. The summed E-state index contributed by atoms with van der Waals surface area (Å²) in [6.07, 6.45) is 1.59. The lowest BCUT2D eigenvalue weighted by Crippen LogP contribution is -2.27. The first kappa shape index (κ1) is 17.4. The van der Waals surface area contributed by atoms with Gasteiger partial charge in [-0.2, -0.15) is 5.10 Å². The number of hydrogen-bond acceptors (Lipinski definition) is 3. The second-order valence-corrected chi connectivity index (χ2v) is 7.70. The Morgan fingerprint density at radius 1 is 1.04 bits per heavy atom. The normalized spacial score (nSPS) is 12.9. The van der Waals surface area contributed by atoms with Crippen LogP contribution in [-0.2, 0) is 16.6 Å². The maximum atomic E-state index is 12.7. The molecule has 1 atom stereocenters. The minimum atomic E-state index is -3.64. The van der Waals surface area contributed by atoms with Crippen molar-refractivity contribution in [3.63, 3.8) is 0 Å². The lowest BCUT2D eigenvalue weighted by Gasteiger charge is -2.14. The van der Waals surface area contributed by atoms with Crippen molar-refractivity contribution in [3.05, 3.63) is 83.7 Å². The minimum Gasteiger partial charge on any atom is -0.267 e. The number of sulfonamides is 1. The molecule has 0 radical (unpaired) electrons. The smallest absolute Gasteiger partial charge is 0.244 e. The van der Waals surface area contributed by atoms with Gasteiger partial charge in [-0.25, -0.2) is 13.1 Å². The number of nitrogens with zero attached hydrogens (tertiary/aromatic N) is 2. The lowest BCUT2D eigenvalue weighted by atomic mass is 10.1. The van der Waals surface area contributed by atoms with E-state index in [0.717, 1.165) is 11.1 Å². The molecule has 0 fully saturated rings. The van der Waals surface area contributed by atoms with Gasteiger partial charge < -0.3 is 0 Å². The summed E-state index contributed by atoms with van der Waals surface area (Å²) >= 11 is 0. The molecule has 1 N–H and O–H groups in total. The second kappa shape index (κ2) is 7.21. The molecule has 3 aromatic rings. The fourth-order valence-corrected chi connectivity index (χ4v) is 4.14. The van der Waals surface area contributed by atoms with Crippen LogP contribution in [0.15, 0.2) is 71.8 Å². The van der Waals surface area contributed by atoms with E-state index in [-0.39, 0.29) is 10.9 Å². The summed E-state index contributed by atoms with van der Waals surface area (Å²) in [5, 5.41) is 4.35. The van der Waals surface area contributed by atoms with E-state index in [0.29, 0.717) is 12.2 Å². The third-order valence-electron chi connectivity index (χ3n) is 4.01. The number of aromatic nitrogens is 2. The van der Waals surface area contributed by atoms with Crippen LogP contribution >= 0.6 is 0 Å². The van der Waals surface area contributed by atoms with Crippen molar-refractivity contribution >= 4 is 10.0 Å². The molecule has 5 nitrogen and oxygen atoms in total. The maximum Gasteiger partial charge on any atom is 0.244 e. The number of nitrogens with one attached hydrogen (secondary N) is 1. The van der Waals surface area contributed by atoms with Crippen LogP contribution in [0, 0.1) is 6.92 Å². The Morgan fingerprint density at radius 2 is 1.64 bits per heavy atom. The quantitative estimate of drug-likeness (QED) is 0.738. The van der Waals surface area contributed by atoms with Gasteiger partial charge in [0.15, 0.2) is 0 Å². The Balaban J connectivity index is 1.80. The molecule has 1 unspecified atom stereocenters. The average Bonchev–Trinajstić information content (AvgIpc) is 2.97. The molecule has 2 aromatic carbocycles. The van der Waals surface area contributed by atoms with Crippen molar-refractivity contribution in [2.45, 2.75) is 31.3 Å². The molecule has 1 aromatic heterocycles. The van der Waals surface area contributed by atoms with Gasteiger partial charge in [0.2, 0.25) is 10.0 Å². The second-order valence-electron chi connectivity index (χ2n) is 6.02. The summed E-state index contributed by atoms with van der Waals surface area (Å²) in [7, 11) is -3.64. The molecule has 0 aliphatic rings. The molecule has 0 amide bonds. The predicted octanol–water partition coefficient (Wildman–Crippen LogP) is 3.28. The zero-order chi connectivity index (χ0) is 17.9. The molecule has 0 spiro atoms. The number of aryl methyl sites for hydroxylation is 1. The molecular formula is C19H21N3O2S. The number of benzene rings is 2. The Kier molecular flexibility index (Phi) is 5.01. The van der Waals surface area contributed by atoms with Crippen LogP contribution in [0.4, 0.5) is 0 Å². The third-order valence-corrected chi connectivity index (χ3v) is 5.65. The Bertz CT molecular complexity index is 935. The highest BCUT2D eigenvalue weighted by Crippen LogP contribution is 2.19. The van der Waals surface area contributed by atoms with E-state index in [4.69, 9.17) is 0 Å². The number of rotatable bonds is 6. The van der Waals surface area contributed by atoms with Gasteiger partial charge in [-0.05, 0) is 25.0 Å². The highest BCUT2D eigenvalue weighted by atomic mass is 32.2. The van der Waals surface area contributed by atoms with Crippen LogP contribution in [0.2, 0.25) is 0 Å². The Morgan fingerprint density at radius 3 is 2.28 bits per heavy atom. The summed E-state index contributed by atoms with van der Waals surface area (Å²) in [6, 6.07) is 19.0. The predicted molar refractivity (Wildman–Crippen MR) is 97.7 cm³/mol. The van der Waals surface area contributed by atoms with Gasteiger partial charge in [0.05, 0.1) is 12.2 Å². The standard InChI is InChI=1S/C19H21N3O2S/c1-15(18-11-7-4-8-12-18)21-25(23,24)19-14-22(20-16(19)2)13-17-9-5-3-6-10-17/h3-12,14-15,21H,13H2,1-2H3. The van der Waals surface area contributed by atoms with Crippen molar-refractivity contribution in [3.8, 4) is 0 Å². The maximum absolute atomic E-state index is 12.7.